The summed E-state index contributed by atoms with van der Waals surface area (Å²) in [5.41, 5.74) is 0. The lowest BCUT2D eigenvalue weighted by Crippen LogP contribution is -2.00. The van der Waals surface area contributed by atoms with Crippen LogP contribution in [-0.4, -0.2) is 18.2 Å². The molecule has 0 spiro atoms. The number of thioether (sulfide) groups is 1. The smallest absolute Gasteiger partial charge is 0.164 e. The van der Waals surface area contributed by atoms with Crippen molar-refractivity contribution in [1.82, 2.24) is 0 Å². The molecule has 1 rings (SSSR count). The molecule has 0 N–H and O–H groups in total. The van der Waals surface area contributed by atoms with Crippen molar-refractivity contribution in [2.24, 2.45) is 0 Å². The summed E-state index contributed by atoms with van der Waals surface area (Å²) in [6.07, 6.45) is 0.316. The number of rotatable bonds is 5. The maximum absolute atomic E-state index is 11.8. The molecule has 1 aromatic rings. The first-order valence-electron chi connectivity index (χ1n) is 4.08. The molecule has 0 aliphatic carbocycles. The van der Waals surface area contributed by atoms with Gasteiger partial charge in [-0.2, -0.15) is 0 Å². The summed E-state index contributed by atoms with van der Waals surface area (Å²) in [5.74, 6) is 0.343. The van der Waals surface area contributed by atoms with Crippen molar-refractivity contribution >= 4 is 17.5 Å². The van der Waals surface area contributed by atoms with Gasteiger partial charge in [0.15, 0.2) is 5.78 Å². The van der Waals surface area contributed by atoms with Crippen molar-refractivity contribution in [3.8, 4) is 0 Å². The van der Waals surface area contributed by atoms with Gasteiger partial charge in [-0.05, 0) is 12.1 Å². The Labute approximate surface area is 81.3 Å². The number of ketones is 1. The minimum Gasteiger partial charge on any atom is -0.297 e. The van der Waals surface area contributed by atoms with Gasteiger partial charge in [0.2, 0.25) is 0 Å². The van der Waals surface area contributed by atoms with Crippen molar-refractivity contribution in [3.05, 3.63) is 30.3 Å². The van der Waals surface area contributed by atoms with E-state index < -0.39 is 6.67 Å². The summed E-state index contributed by atoms with van der Waals surface area (Å²) >= 11 is 1.58. The van der Waals surface area contributed by atoms with Crippen molar-refractivity contribution in [2.75, 3.05) is 12.4 Å². The Morgan fingerprint density at radius 3 is 2.62 bits per heavy atom. The first-order chi connectivity index (χ1) is 6.33. The Hall–Kier alpha value is -0.830. The van der Waals surface area contributed by atoms with Gasteiger partial charge in [-0.15, -0.1) is 11.8 Å². The largest absolute Gasteiger partial charge is 0.297 e. The number of alkyl halides is 1. The van der Waals surface area contributed by atoms with E-state index in [1.54, 1.807) is 11.8 Å². The van der Waals surface area contributed by atoms with Crippen molar-refractivity contribution < 1.29 is 9.18 Å². The lowest BCUT2D eigenvalue weighted by Gasteiger charge is -1.98. The monoisotopic (exact) mass is 198 g/mol. The first-order valence-corrected chi connectivity index (χ1v) is 5.07. The number of carbonyl (C=O) groups is 1. The van der Waals surface area contributed by atoms with Gasteiger partial charge in [0.05, 0.1) is 0 Å². The third-order valence-electron chi connectivity index (χ3n) is 1.54. The molecule has 1 nitrogen and oxygen atoms in total. The molecule has 13 heavy (non-hydrogen) atoms. The number of hydrogen-bond acceptors (Lipinski definition) is 2. The van der Waals surface area contributed by atoms with E-state index in [1.165, 1.54) is 0 Å². The molecule has 70 valence electrons. The zero-order valence-electron chi connectivity index (χ0n) is 7.20. The molecule has 0 amide bonds. The number of hydrogen-bond donors (Lipinski definition) is 0. The summed E-state index contributed by atoms with van der Waals surface area (Å²) in [7, 11) is 0. The molecule has 0 heterocycles. The van der Waals surface area contributed by atoms with E-state index in [0.29, 0.717) is 12.2 Å². The summed E-state index contributed by atoms with van der Waals surface area (Å²) in [4.78, 5) is 11.7. The Bertz CT molecular complexity index is 261. The lowest BCUT2D eigenvalue weighted by atomic mass is 10.3. The van der Waals surface area contributed by atoms with Crippen LogP contribution in [0, 0.1) is 0 Å². The van der Waals surface area contributed by atoms with E-state index in [-0.39, 0.29) is 5.78 Å². The second-order valence-corrected chi connectivity index (χ2v) is 3.75. The van der Waals surface area contributed by atoms with Crippen molar-refractivity contribution in [1.29, 1.82) is 0 Å². The highest BCUT2D eigenvalue weighted by atomic mass is 32.2. The van der Waals surface area contributed by atoms with E-state index in [2.05, 4.69) is 0 Å². The van der Waals surface area contributed by atoms with Crippen LogP contribution < -0.4 is 0 Å². The molecule has 1 aromatic carbocycles. The molecule has 3 heteroatoms. The van der Waals surface area contributed by atoms with Gasteiger partial charge in [0, 0.05) is 17.1 Å². The number of Topliss-reactive ketones (excluding diaryl/α,β-unsaturated/α-hetero) is 1. The van der Waals surface area contributed by atoms with Crippen LogP contribution in [0.4, 0.5) is 4.39 Å². The molecule has 0 bridgehead atoms. The third kappa shape index (κ3) is 4.08. The fourth-order valence-corrected chi connectivity index (χ4v) is 1.78. The van der Waals surface area contributed by atoms with Gasteiger partial charge < -0.3 is 0 Å². The van der Waals surface area contributed by atoms with E-state index in [9.17, 15) is 9.18 Å². The summed E-state index contributed by atoms with van der Waals surface area (Å²) in [5, 5.41) is 0. The Morgan fingerprint density at radius 1 is 1.31 bits per heavy atom. The summed E-state index contributed by atoms with van der Waals surface area (Å²) in [6, 6.07) is 9.78. The van der Waals surface area contributed by atoms with Crippen LogP contribution in [0.15, 0.2) is 35.2 Å². The van der Waals surface area contributed by atoms with Gasteiger partial charge in [0.25, 0.3) is 0 Å². The van der Waals surface area contributed by atoms with Crippen LogP contribution in [0.1, 0.15) is 6.42 Å². The SMILES string of the molecule is O=C(CF)CCSc1ccccc1. The molecule has 0 aliphatic rings. The number of carbonyl (C=O) groups excluding carboxylic acids is 1. The zero-order chi connectivity index (χ0) is 9.52. The van der Waals surface area contributed by atoms with Crippen molar-refractivity contribution in [2.45, 2.75) is 11.3 Å². The van der Waals surface area contributed by atoms with E-state index in [0.717, 1.165) is 4.90 Å². The zero-order valence-corrected chi connectivity index (χ0v) is 8.02. The maximum atomic E-state index is 11.8. The van der Waals surface area contributed by atoms with Crippen LogP contribution >= 0.6 is 11.8 Å². The molecule has 0 radical (unpaired) electrons. The summed E-state index contributed by atoms with van der Waals surface area (Å²) < 4.78 is 11.8. The number of benzene rings is 1. The quantitative estimate of drug-likeness (QED) is 0.677. The van der Waals surface area contributed by atoms with Crippen molar-refractivity contribution in [3.63, 3.8) is 0 Å². The second-order valence-electron chi connectivity index (χ2n) is 2.58. The maximum Gasteiger partial charge on any atom is 0.164 e. The summed E-state index contributed by atoms with van der Waals surface area (Å²) in [6.45, 7) is -0.838. The van der Waals surface area contributed by atoms with Crippen LogP contribution in [0.25, 0.3) is 0 Å². The van der Waals surface area contributed by atoms with Crippen LogP contribution in [-0.2, 0) is 4.79 Å². The predicted molar refractivity (Wildman–Crippen MR) is 52.8 cm³/mol. The lowest BCUT2D eigenvalue weighted by molar-refractivity contribution is -0.119. The van der Waals surface area contributed by atoms with Gasteiger partial charge in [-0.3, -0.25) is 4.79 Å². The van der Waals surface area contributed by atoms with Gasteiger partial charge in [-0.25, -0.2) is 4.39 Å². The minimum absolute atomic E-state index is 0.316. The molecule has 0 unspecified atom stereocenters. The Balaban J connectivity index is 2.24. The minimum atomic E-state index is -0.838. The predicted octanol–water partition coefficient (Wildman–Crippen LogP) is 2.71. The highest BCUT2D eigenvalue weighted by Crippen LogP contribution is 2.17. The van der Waals surface area contributed by atoms with E-state index in [4.69, 9.17) is 0 Å². The Morgan fingerprint density at radius 2 is 2.00 bits per heavy atom. The average Bonchev–Trinajstić information content (AvgIpc) is 2.19. The molecule has 0 fully saturated rings. The molecule has 0 aromatic heterocycles. The highest BCUT2D eigenvalue weighted by Gasteiger charge is 2.00. The van der Waals surface area contributed by atoms with E-state index >= 15 is 0 Å². The molecule has 0 saturated heterocycles. The molecular formula is C10H11FOS. The number of halogens is 1. The Kier molecular flexibility index (Phi) is 4.54. The average molecular weight is 198 g/mol. The standard InChI is InChI=1S/C10H11FOS/c11-8-9(12)6-7-13-10-4-2-1-3-5-10/h1-5H,6-8H2. The molecule has 0 atom stereocenters. The second kappa shape index (κ2) is 5.75. The molecule has 0 saturated carbocycles. The molecule has 0 aliphatic heterocycles. The highest BCUT2D eigenvalue weighted by molar-refractivity contribution is 7.99. The topological polar surface area (TPSA) is 17.1 Å². The fourth-order valence-electron chi connectivity index (χ4n) is 0.866. The van der Waals surface area contributed by atoms with E-state index in [1.807, 2.05) is 30.3 Å². The van der Waals surface area contributed by atoms with Crippen LogP contribution in [0.3, 0.4) is 0 Å². The van der Waals surface area contributed by atoms with Gasteiger partial charge in [0.1, 0.15) is 6.67 Å². The third-order valence-corrected chi connectivity index (χ3v) is 2.56. The fraction of sp³-hybridized carbons (Fsp3) is 0.300. The van der Waals surface area contributed by atoms with Crippen LogP contribution in [0.5, 0.6) is 0 Å². The van der Waals surface area contributed by atoms with Gasteiger partial charge >= 0.3 is 0 Å². The molecular weight excluding hydrogens is 187 g/mol. The van der Waals surface area contributed by atoms with Crippen LogP contribution in [0.2, 0.25) is 0 Å². The van der Waals surface area contributed by atoms with Gasteiger partial charge in [-0.1, -0.05) is 18.2 Å². The first kappa shape index (κ1) is 10.3. The normalized spacial score (nSPS) is 9.92.